The molecule has 5 aromatic carbocycles. The van der Waals surface area contributed by atoms with Crippen LogP contribution in [0, 0.1) is 0 Å². The van der Waals surface area contributed by atoms with Gasteiger partial charge in [-0.1, -0.05) is 91.0 Å². The summed E-state index contributed by atoms with van der Waals surface area (Å²) in [4.78, 5) is 0. The van der Waals surface area contributed by atoms with E-state index >= 15 is 0 Å². The molecule has 0 unspecified atom stereocenters. The molecule has 1 aliphatic heterocycles. The van der Waals surface area contributed by atoms with Crippen LogP contribution in [0.3, 0.4) is 0 Å². The molecule has 1 heterocycles. The van der Waals surface area contributed by atoms with Gasteiger partial charge in [0.1, 0.15) is 35.2 Å². The molecule has 0 spiro atoms. The first kappa shape index (κ1) is 34.0. The van der Waals surface area contributed by atoms with Crippen LogP contribution in [0.15, 0.2) is 140 Å². The molecule has 0 radical (unpaired) electrons. The highest BCUT2D eigenvalue weighted by Crippen LogP contribution is 2.33. The Morgan fingerprint density at radius 3 is 1.37 bits per heavy atom. The lowest BCUT2D eigenvalue weighted by atomic mass is 9.97. The molecule has 0 saturated carbocycles. The van der Waals surface area contributed by atoms with E-state index in [-0.39, 0.29) is 6.61 Å². The maximum Gasteiger partial charge on any atom is 0.230 e. The second-order valence-corrected chi connectivity index (χ2v) is 11.6. The fraction of sp³-hybridized carbons (Fsp3) is 0.268. The van der Waals surface area contributed by atoms with Crippen molar-refractivity contribution in [1.82, 2.24) is 0 Å². The Kier molecular flexibility index (Phi) is 12.2. The predicted octanol–water partition coefficient (Wildman–Crippen LogP) is 7.64. The van der Waals surface area contributed by atoms with E-state index in [4.69, 9.17) is 37.9 Å². The molecule has 0 amide bonds. The Balaban J connectivity index is 1.34. The number of ether oxygens (including phenoxy) is 8. The third-order valence-corrected chi connectivity index (χ3v) is 8.20. The van der Waals surface area contributed by atoms with E-state index < -0.39 is 30.7 Å². The third kappa shape index (κ3) is 9.62. The van der Waals surface area contributed by atoms with Gasteiger partial charge in [0.15, 0.2) is 12.2 Å². The van der Waals surface area contributed by atoms with Crippen LogP contribution in [0.25, 0.3) is 0 Å². The first-order valence-electron chi connectivity index (χ1n) is 16.4. The van der Waals surface area contributed by atoms with Gasteiger partial charge in [-0.3, -0.25) is 0 Å². The zero-order valence-electron chi connectivity index (χ0n) is 27.8. The highest BCUT2D eigenvalue weighted by atomic mass is 16.7. The first-order chi connectivity index (χ1) is 24.2. The summed E-state index contributed by atoms with van der Waals surface area (Å²) in [7, 11) is 3.26. The van der Waals surface area contributed by atoms with Crippen molar-refractivity contribution in [2.45, 2.75) is 50.5 Å². The van der Waals surface area contributed by atoms with E-state index in [9.17, 15) is 0 Å². The summed E-state index contributed by atoms with van der Waals surface area (Å²) in [6.07, 6.45) is -3.42. The molecule has 0 bridgehead atoms. The van der Waals surface area contributed by atoms with Crippen molar-refractivity contribution in [2.75, 3.05) is 20.8 Å². The molecule has 8 heteroatoms. The molecule has 8 nitrogen and oxygen atoms in total. The number of hydrogen-bond donors (Lipinski definition) is 0. The second-order valence-electron chi connectivity index (χ2n) is 11.6. The molecule has 0 aromatic heterocycles. The van der Waals surface area contributed by atoms with Crippen molar-refractivity contribution in [1.29, 1.82) is 0 Å². The lowest BCUT2D eigenvalue weighted by Gasteiger charge is -2.45. The van der Waals surface area contributed by atoms with Crippen molar-refractivity contribution in [2.24, 2.45) is 0 Å². The molecule has 5 atom stereocenters. The fourth-order valence-electron chi connectivity index (χ4n) is 5.62. The van der Waals surface area contributed by atoms with Crippen LogP contribution in [0.4, 0.5) is 0 Å². The SMILES string of the molecule is COc1ccc(O[C@H]2O[C@H](COCc3ccccc3)[C@H](OCc3ccccc3)[C@H](Oc3ccc(OC)cc3)[C@H]2OCc2ccccc2)cc1. The highest BCUT2D eigenvalue weighted by molar-refractivity contribution is 5.33. The Hall–Kier alpha value is -4.86. The third-order valence-electron chi connectivity index (χ3n) is 8.20. The molecule has 6 rings (SSSR count). The minimum Gasteiger partial charge on any atom is -0.497 e. The molecule has 0 N–H and O–H groups in total. The minimum absolute atomic E-state index is 0.227. The lowest BCUT2D eigenvalue weighted by Crippen LogP contribution is -2.63. The average molecular weight is 663 g/mol. The predicted molar refractivity (Wildman–Crippen MR) is 186 cm³/mol. The van der Waals surface area contributed by atoms with E-state index in [1.54, 1.807) is 14.2 Å². The maximum atomic E-state index is 6.82. The number of methoxy groups -OCH3 is 2. The van der Waals surface area contributed by atoms with Crippen LogP contribution in [0.2, 0.25) is 0 Å². The van der Waals surface area contributed by atoms with Gasteiger partial charge >= 0.3 is 0 Å². The molecule has 0 aliphatic carbocycles. The molecule has 254 valence electrons. The number of hydrogen-bond acceptors (Lipinski definition) is 8. The maximum absolute atomic E-state index is 6.82. The summed E-state index contributed by atoms with van der Waals surface area (Å²) >= 11 is 0. The van der Waals surface area contributed by atoms with Crippen molar-refractivity contribution >= 4 is 0 Å². The molecular formula is C41H42O8. The highest BCUT2D eigenvalue weighted by Gasteiger charge is 2.50. The van der Waals surface area contributed by atoms with Gasteiger partial charge < -0.3 is 37.9 Å². The zero-order valence-corrected chi connectivity index (χ0v) is 27.8. The topological polar surface area (TPSA) is 73.8 Å². The minimum atomic E-state index is -0.873. The van der Waals surface area contributed by atoms with Gasteiger partial charge in [0, 0.05) is 0 Å². The zero-order chi connectivity index (χ0) is 33.7. The first-order valence-corrected chi connectivity index (χ1v) is 16.4. The Morgan fingerprint density at radius 1 is 0.449 bits per heavy atom. The van der Waals surface area contributed by atoms with Gasteiger partial charge in [-0.25, -0.2) is 0 Å². The van der Waals surface area contributed by atoms with Gasteiger partial charge in [0.25, 0.3) is 0 Å². The van der Waals surface area contributed by atoms with Crippen LogP contribution < -0.4 is 18.9 Å². The fourth-order valence-corrected chi connectivity index (χ4v) is 5.62. The largest absolute Gasteiger partial charge is 0.497 e. The van der Waals surface area contributed by atoms with Crippen LogP contribution >= 0.6 is 0 Å². The normalized spacial score (nSPS) is 20.3. The average Bonchev–Trinajstić information content (AvgIpc) is 3.16. The Morgan fingerprint density at radius 2 is 0.878 bits per heavy atom. The van der Waals surface area contributed by atoms with Gasteiger partial charge in [-0.15, -0.1) is 0 Å². The molecule has 1 fully saturated rings. The number of rotatable bonds is 16. The number of benzene rings is 5. The molecule has 1 aliphatic rings. The quantitative estimate of drug-likeness (QED) is 0.107. The van der Waals surface area contributed by atoms with E-state index in [0.717, 1.165) is 28.2 Å². The van der Waals surface area contributed by atoms with Crippen LogP contribution in [-0.4, -0.2) is 51.5 Å². The van der Waals surface area contributed by atoms with Gasteiger partial charge in [0.05, 0.1) is 40.6 Å². The molecule has 1 saturated heterocycles. The Bertz CT molecular complexity index is 1650. The monoisotopic (exact) mass is 662 g/mol. The summed E-state index contributed by atoms with van der Waals surface area (Å²) in [6.45, 7) is 1.28. The van der Waals surface area contributed by atoms with Gasteiger partial charge in [0.2, 0.25) is 6.29 Å². The van der Waals surface area contributed by atoms with Crippen molar-refractivity contribution in [3.8, 4) is 23.0 Å². The van der Waals surface area contributed by atoms with E-state index in [1.807, 2.05) is 140 Å². The van der Waals surface area contributed by atoms with Crippen LogP contribution in [-0.2, 0) is 38.8 Å². The van der Waals surface area contributed by atoms with Gasteiger partial charge in [-0.05, 0) is 65.2 Å². The smallest absolute Gasteiger partial charge is 0.230 e. The van der Waals surface area contributed by atoms with Gasteiger partial charge in [-0.2, -0.15) is 0 Å². The summed E-state index contributed by atoms with van der Waals surface area (Å²) in [6, 6.07) is 44.9. The van der Waals surface area contributed by atoms with E-state index in [2.05, 4.69) is 0 Å². The van der Waals surface area contributed by atoms with Crippen LogP contribution in [0.5, 0.6) is 23.0 Å². The Labute approximate surface area is 288 Å². The summed E-state index contributed by atoms with van der Waals surface area (Å²) in [5.41, 5.74) is 3.08. The molecule has 49 heavy (non-hydrogen) atoms. The standard InChI is InChI=1S/C41H42O8/c1-42-33-18-22-35(23-19-33)47-39-38(45-27-31-14-8-4-9-15-31)37(29-44-26-30-12-6-3-7-13-30)49-41(48-36-24-20-34(43-2)21-25-36)40(39)46-28-32-16-10-5-11-17-32/h3-25,37-41H,26-29H2,1-2H3/t37-,38+,39+,40-,41+/m1/s1. The summed E-state index contributed by atoms with van der Waals surface area (Å²) in [5.74, 6) is 2.66. The van der Waals surface area contributed by atoms with E-state index in [0.29, 0.717) is 31.3 Å². The van der Waals surface area contributed by atoms with Crippen LogP contribution in [0.1, 0.15) is 16.7 Å². The molecular weight excluding hydrogens is 620 g/mol. The van der Waals surface area contributed by atoms with Crippen molar-refractivity contribution in [3.05, 3.63) is 156 Å². The summed E-state index contributed by atoms with van der Waals surface area (Å²) in [5, 5.41) is 0. The van der Waals surface area contributed by atoms with Crippen molar-refractivity contribution < 1.29 is 37.9 Å². The summed E-state index contributed by atoms with van der Waals surface area (Å²) < 4.78 is 50.6. The second kappa shape index (κ2) is 17.5. The lowest BCUT2D eigenvalue weighted by molar-refractivity contribution is -0.296. The van der Waals surface area contributed by atoms with E-state index in [1.165, 1.54) is 0 Å². The molecule has 5 aromatic rings. The van der Waals surface area contributed by atoms with Crippen molar-refractivity contribution in [3.63, 3.8) is 0 Å².